The fourth-order valence-corrected chi connectivity index (χ4v) is 3.44. The molecule has 0 bridgehead atoms. The normalized spacial score (nSPS) is 17.9. The Labute approximate surface area is 117 Å². The molecule has 0 unspecified atom stereocenters. The highest BCUT2D eigenvalue weighted by molar-refractivity contribution is 7.10. The summed E-state index contributed by atoms with van der Waals surface area (Å²) in [6, 6.07) is 3.81. The van der Waals surface area contributed by atoms with Crippen LogP contribution in [0.15, 0.2) is 17.5 Å². The van der Waals surface area contributed by atoms with Gasteiger partial charge in [0.05, 0.1) is 6.42 Å². The van der Waals surface area contributed by atoms with Crippen LogP contribution in [0.1, 0.15) is 37.0 Å². The maximum atomic E-state index is 12.3. The summed E-state index contributed by atoms with van der Waals surface area (Å²) >= 11 is 1.53. The van der Waals surface area contributed by atoms with Crippen molar-refractivity contribution in [3.8, 4) is 0 Å². The van der Waals surface area contributed by atoms with Gasteiger partial charge in [0.1, 0.15) is 5.54 Å². The topological polar surface area (TPSA) is 57.6 Å². The van der Waals surface area contributed by atoms with E-state index in [0.717, 1.165) is 24.1 Å². The van der Waals surface area contributed by atoms with E-state index >= 15 is 0 Å². The van der Waals surface area contributed by atoms with Crippen LogP contribution in [0.4, 0.5) is 0 Å². The summed E-state index contributed by atoms with van der Waals surface area (Å²) in [4.78, 5) is 26.4. The van der Waals surface area contributed by atoms with Crippen molar-refractivity contribution in [1.82, 2.24) is 4.90 Å². The molecule has 0 spiro atoms. The molecule has 0 atom stereocenters. The van der Waals surface area contributed by atoms with Crippen LogP contribution >= 0.6 is 11.3 Å². The zero-order chi connectivity index (χ0) is 13.9. The number of hydrogen-bond donors (Lipinski definition) is 1. The molecule has 1 aliphatic rings. The van der Waals surface area contributed by atoms with Gasteiger partial charge in [0, 0.05) is 11.9 Å². The molecule has 0 aromatic carbocycles. The van der Waals surface area contributed by atoms with Crippen molar-refractivity contribution < 1.29 is 14.7 Å². The second-order valence-electron chi connectivity index (χ2n) is 5.11. The van der Waals surface area contributed by atoms with E-state index < -0.39 is 11.5 Å². The minimum absolute atomic E-state index is 0.105. The van der Waals surface area contributed by atoms with Gasteiger partial charge in [-0.05, 0) is 24.3 Å². The van der Waals surface area contributed by atoms with Crippen molar-refractivity contribution in [3.05, 3.63) is 22.4 Å². The quantitative estimate of drug-likeness (QED) is 0.922. The molecule has 1 aliphatic carbocycles. The number of amides is 1. The molecule has 1 saturated carbocycles. The van der Waals surface area contributed by atoms with Gasteiger partial charge in [-0.25, -0.2) is 4.79 Å². The van der Waals surface area contributed by atoms with Gasteiger partial charge < -0.3 is 10.0 Å². The minimum atomic E-state index is -0.993. The first kappa shape index (κ1) is 14.1. The number of aliphatic carboxylic acids is 1. The van der Waals surface area contributed by atoms with Gasteiger partial charge in [-0.1, -0.05) is 25.3 Å². The fourth-order valence-electron chi connectivity index (χ4n) is 2.75. The highest BCUT2D eigenvalue weighted by Gasteiger charge is 2.45. The van der Waals surface area contributed by atoms with E-state index in [1.165, 1.54) is 16.2 Å². The van der Waals surface area contributed by atoms with Crippen molar-refractivity contribution in [2.24, 2.45) is 0 Å². The maximum Gasteiger partial charge on any atom is 0.329 e. The van der Waals surface area contributed by atoms with Crippen LogP contribution in [0, 0.1) is 0 Å². The maximum absolute atomic E-state index is 12.3. The minimum Gasteiger partial charge on any atom is -0.479 e. The molecule has 1 fully saturated rings. The highest BCUT2D eigenvalue weighted by Crippen LogP contribution is 2.33. The lowest BCUT2D eigenvalue weighted by Crippen LogP contribution is -2.56. The molecule has 0 radical (unpaired) electrons. The molecule has 19 heavy (non-hydrogen) atoms. The van der Waals surface area contributed by atoms with Crippen molar-refractivity contribution >= 4 is 23.2 Å². The Bertz CT molecular complexity index is 449. The van der Waals surface area contributed by atoms with Gasteiger partial charge in [-0.3, -0.25) is 4.79 Å². The van der Waals surface area contributed by atoms with E-state index in [9.17, 15) is 14.7 Å². The zero-order valence-corrected chi connectivity index (χ0v) is 11.9. The Kier molecular flexibility index (Phi) is 4.24. The van der Waals surface area contributed by atoms with Gasteiger partial charge >= 0.3 is 5.97 Å². The van der Waals surface area contributed by atoms with E-state index in [1.807, 2.05) is 17.5 Å². The molecule has 104 valence electrons. The first-order valence-electron chi connectivity index (χ1n) is 6.59. The predicted octanol–water partition coefficient (Wildman–Crippen LogP) is 2.54. The first-order valence-corrected chi connectivity index (χ1v) is 7.47. The number of nitrogens with zero attached hydrogens (tertiary/aromatic N) is 1. The molecular weight excluding hydrogens is 262 g/mol. The standard InChI is InChI=1S/C14H19NO3S/c1-15(12(16)10-11-6-5-9-19-11)14(13(17)18)7-3-2-4-8-14/h5-6,9H,2-4,7-8,10H2,1H3,(H,17,18). The van der Waals surface area contributed by atoms with Crippen LogP contribution in [-0.4, -0.2) is 34.5 Å². The monoisotopic (exact) mass is 281 g/mol. The lowest BCUT2D eigenvalue weighted by molar-refractivity contribution is -0.160. The third-order valence-electron chi connectivity index (χ3n) is 4.00. The summed E-state index contributed by atoms with van der Waals surface area (Å²) in [6.45, 7) is 0. The Morgan fingerprint density at radius 2 is 2.05 bits per heavy atom. The van der Waals surface area contributed by atoms with Crippen LogP contribution in [0.25, 0.3) is 0 Å². The molecule has 4 nitrogen and oxygen atoms in total. The molecule has 0 aliphatic heterocycles. The average molecular weight is 281 g/mol. The van der Waals surface area contributed by atoms with Gasteiger partial charge in [0.15, 0.2) is 0 Å². The molecule has 1 aromatic rings. The summed E-state index contributed by atoms with van der Waals surface area (Å²) < 4.78 is 0. The molecule has 1 N–H and O–H groups in total. The SMILES string of the molecule is CN(C(=O)Cc1cccs1)C1(C(=O)O)CCCCC1. The number of thiophene rings is 1. The number of hydrogen-bond acceptors (Lipinski definition) is 3. The summed E-state index contributed by atoms with van der Waals surface area (Å²) in [5, 5.41) is 11.5. The Morgan fingerprint density at radius 1 is 1.37 bits per heavy atom. The fraction of sp³-hybridized carbons (Fsp3) is 0.571. The molecular formula is C14H19NO3S. The number of carboxylic acids is 1. The Balaban J connectivity index is 2.12. The summed E-state index contributed by atoms with van der Waals surface area (Å²) in [5.41, 5.74) is -0.993. The van der Waals surface area contributed by atoms with E-state index in [2.05, 4.69) is 0 Å². The average Bonchev–Trinajstić information content (AvgIpc) is 2.91. The van der Waals surface area contributed by atoms with Crippen LogP contribution in [-0.2, 0) is 16.0 Å². The van der Waals surface area contributed by atoms with Crippen LogP contribution in [0.5, 0.6) is 0 Å². The van der Waals surface area contributed by atoms with Crippen molar-refractivity contribution in [2.45, 2.75) is 44.1 Å². The second kappa shape index (κ2) is 5.74. The second-order valence-corrected chi connectivity index (χ2v) is 6.14. The van der Waals surface area contributed by atoms with Crippen molar-refractivity contribution in [2.75, 3.05) is 7.05 Å². The van der Waals surface area contributed by atoms with E-state index in [1.54, 1.807) is 7.05 Å². The third kappa shape index (κ3) is 2.81. The summed E-state index contributed by atoms with van der Waals surface area (Å²) in [5.74, 6) is -0.971. The van der Waals surface area contributed by atoms with Gasteiger partial charge in [-0.15, -0.1) is 11.3 Å². The number of carboxylic acid groups (broad SMARTS) is 1. The summed E-state index contributed by atoms with van der Waals surface area (Å²) in [6.07, 6.45) is 4.24. The molecule has 0 saturated heterocycles. The molecule has 1 amide bonds. The van der Waals surface area contributed by atoms with Crippen LogP contribution in [0.3, 0.4) is 0 Å². The van der Waals surface area contributed by atoms with Gasteiger partial charge in [0.25, 0.3) is 0 Å². The van der Waals surface area contributed by atoms with Gasteiger partial charge in [0.2, 0.25) is 5.91 Å². The predicted molar refractivity (Wildman–Crippen MR) is 74.2 cm³/mol. The molecule has 2 rings (SSSR count). The summed E-state index contributed by atoms with van der Waals surface area (Å²) in [7, 11) is 1.63. The van der Waals surface area contributed by atoms with Crippen LogP contribution in [0.2, 0.25) is 0 Å². The van der Waals surface area contributed by atoms with Crippen LogP contribution < -0.4 is 0 Å². The molecule has 5 heteroatoms. The molecule has 1 aromatic heterocycles. The lowest BCUT2D eigenvalue weighted by Gasteiger charge is -2.41. The lowest BCUT2D eigenvalue weighted by atomic mass is 9.80. The molecule has 1 heterocycles. The van der Waals surface area contributed by atoms with Crippen molar-refractivity contribution in [3.63, 3.8) is 0 Å². The highest BCUT2D eigenvalue weighted by atomic mass is 32.1. The van der Waals surface area contributed by atoms with E-state index in [-0.39, 0.29) is 5.91 Å². The number of carbonyl (C=O) groups excluding carboxylic acids is 1. The first-order chi connectivity index (χ1) is 9.06. The number of likely N-dealkylation sites (N-methyl/N-ethyl adjacent to an activating group) is 1. The third-order valence-corrected chi connectivity index (χ3v) is 4.88. The number of carbonyl (C=O) groups is 2. The largest absolute Gasteiger partial charge is 0.479 e. The zero-order valence-electron chi connectivity index (χ0n) is 11.1. The number of rotatable bonds is 4. The van der Waals surface area contributed by atoms with E-state index in [0.29, 0.717) is 19.3 Å². The Hall–Kier alpha value is -1.36. The van der Waals surface area contributed by atoms with Gasteiger partial charge in [-0.2, -0.15) is 0 Å². The van der Waals surface area contributed by atoms with E-state index in [4.69, 9.17) is 0 Å². The smallest absolute Gasteiger partial charge is 0.329 e. The van der Waals surface area contributed by atoms with Crippen molar-refractivity contribution in [1.29, 1.82) is 0 Å². The Morgan fingerprint density at radius 3 is 2.58 bits per heavy atom.